The summed E-state index contributed by atoms with van der Waals surface area (Å²) >= 11 is 0. The molecule has 0 aliphatic carbocycles. The number of aliphatic hydroxyl groups excluding tert-OH is 1. The molecule has 1 atom stereocenters. The normalized spacial score (nSPS) is 15.8. The van der Waals surface area contributed by atoms with E-state index >= 15 is 4.39 Å². The number of aliphatic hydroxyl groups is 1. The van der Waals surface area contributed by atoms with Crippen molar-refractivity contribution in [3.05, 3.63) is 89.0 Å². The van der Waals surface area contributed by atoms with Crippen LogP contribution in [0.4, 0.5) is 9.18 Å². The first-order chi connectivity index (χ1) is 27.7. The summed E-state index contributed by atoms with van der Waals surface area (Å²) in [4.78, 5) is 22.2. The predicted molar refractivity (Wildman–Crippen MR) is 232 cm³/mol. The Hall–Kier alpha value is -4.35. The number of fused-ring (bicyclic) bond motifs is 2. The van der Waals surface area contributed by atoms with Gasteiger partial charge >= 0.3 is 6.03 Å². The van der Waals surface area contributed by atoms with Crippen LogP contribution in [0.1, 0.15) is 35.9 Å². The Labute approximate surface area is 343 Å². The van der Waals surface area contributed by atoms with Crippen molar-refractivity contribution in [3.8, 4) is 28.4 Å². The van der Waals surface area contributed by atoms with Crippen LogP contribution in [-0.2, 0) is 49.1 Å². The Bertz CT molecular complexity index is 2230. The number of hydrogen-bond donors (Lipinski definition) is 1. The van der Waals surface area contributed by atoms with Crippen molar-refractivity contribution in [2.24, 2.45) is 0 Å². The molecule has 5 aromatic rings. The van der Waals surface area contributed by atoms with Gasteiger partial charge in [-0.1, -0.05) is 82.6 Å². The number of rotatable bonds is 16. The van der Waals surface area contributed by atoms with Crippen molar-refractivity contribution in [3.63, 3.8) is 0 Å². The standard InChI is InChI=1S/C44H59FN6O5Si2/c1-8-32-23-41(56-28-31-12-10-9-11-13-31)37(45)24-36(32)33-14-15-35-39(22-33)51(30-55-19-21-58(5,6)7)47-42(35)43-46-38-26-49(44(53)48-17-16-34(52)25-48)27-40(38)50(43)29-54-18-20-57(2,3)4/h9-15,22-24,34,52H,8,16-21,25-30H2,1-7H3/t34-/m1/s1. The number of carbonyl (C=O) groups excluding carboxylic acids is 1. The van der Waals surface area contributed by atoms with Crippen molar-refractivity contribution >= 4 is 33.1 Å². The highest BCUT2D eigenvalue weighted by molar-refractivity contribution is 6.76. The Morgan fingerprint density at radius 2 is 1.64 bits per heavy atom. The molecule has 2 aliphatic heterocycles. The van der Waals surface area contributed by atoms with Crippen LogP contribution < -0.4 is 4.74 Å². The summed E-state index contributed by atoms with van der Waals surface area (Å²) < 4.78 is 38.3. The lowest BCUT2D eigenvalue weighted by atomic mass is 9.96. The second-order valence-electron chi connectivity index (χ2n) is 18.1. The molecule has 2 aromatic heterocycles. The highest BCUT2D eigenvalue weighted by atomic mass is 28.3. The molecule has 3 aromatic carbocycles. The number of nitrogens with zero attached hydrogens (tertiary/aromatic N) is 6. The van der Waals surface area contributed by atoms with Gasteiger partial charge in [-0.05, 0) is 71.4 Å². The van der Waals surface area contributed by atoms with E-state index in [1.165, 1.54) is 0 Å². The minimum Gasteiger partial charge on any atom is -0.486 e. The number of hydrogen-bond acceptors (Lipinski definition) is 7. The molecule has 0 bridgehead atoms. The van der Waals surface area contributed by atoms with E-state index < -0.39 is 28.1 Å². The van der Waals surface area contributed by atoms with Crippen LogP contribution >= 0.6 is 0 Å². The van der Waals surface area contributed by atoms with Gasteiger partial charge in [-0.2, -0.15) is 5.10 Å². The van der Waals surface area contributed by atoms with Crippen molar-refractivity contribution in [2.75, 3.05) is 26.3 Å². The third-order valence-electron chi connectivity index (χ3n) is 11.0. The predicted octanol–water partition coefficient (Wildman–Crippen LogP) is 8.97. The molecule has 7 rings (SSSR count). The van der Waals surface area contributed by atoms with Gasteiger partial charge in [0, 0.05) is 47.8 Å². The molecule has 0 spiro atoms. The molecule has 4 heterocycles. The number of amides is 2. The van der Waals surface area contributed by atoms with E-state index in [-0.39, 0.29) is 31.8 Å². The largest absolute Gasteiger partial charge is 0.486 e. The van der Waals surface area contributed by atoms with Gasteiger partial charge in [0.1, 0.15) is 25.8 Å². The molecule has 1 saturated heterocycles. The topological polar surface area (TPSA) is 107 Å². The van der Waals surface area contributed by atoms with Gasteiger partial charge in [0.25, 0.3) is 0 Å². The van der Waals surface area contributed by atoms with E-state index in [2.05, 4.69) is 56.8 Å². The zero-order chi connectivity index (χ0) is 41.2. The van der Waals surface area contributed by atoms with Crippen LogP contribution in [0.5, 0.6) is 5.75 Å². The van der Waals surface area contributed by atoms with E-state index in [4.69, 9.17) is 24.3 Å². The van der Waals surface area contributed by atoms with Crippen LogP contribution in [0.3, 0.4) is 0 Å². The Kier molecular flexibility index (Phi) is 12.6. The number of benzene rings is 3. The molecule has 310 valence electrons. The van der Waals surface area contributed by atoms with Crippen LogP contribution in [-0.4, -0.2) is 88.8 Å². The van der Waals surface area contributed by atoms with E-state index in [0.717, 1.165) is 56.6 Å². The number of aromatic nitrogens is 4. The third-order valence-corrected chi connectivity index (χ3v) is 14.4. The van der Waals surface area contributed by atoms with Crippen molar-refractivity contribution in [1.82, 2.24) is 29.1 Å². The maximum absolute atomic E-state index is 15.8. The molecule has 2 aliphatic rings. The summed E-state index contributed by atoms with van der Waals surface area (Å²) in [6.45, 7) is 19.8. The monoisotopic (exact) mass is 826 g/mol. The van der Waals surface area contributed by atoms with Gasteiger partial charge in [-0.3, -0.25) is 0 Å². The maximum atomic E-state index is 15.8. The molecule has 1 fully saturated rings. The average molecular weight is 827 g/mol. The first-order valence-electron chi connectivity index (χ1n) is 20.6. The third kappa shape index (κ3) is 9.74. The summed E-state index contributed by atoms with van der Waals surface area (Å²) in [7, 11) is -2.66. The summed E-state index contributed by atoms with van der Waals surface area (Å²) in [6, 6.07) is 21.3. The number of urea groups is 1. The lowest BCUT2D eigenvalue weighted by molar-refractivity contribution is 0.0814. The number of aryl methyl sites for hydroxylation is 1. The van der Waals surface area contributed by atoms with E-state index in [9.17, 15) is 9.90 Å². The van der Waals surface area contributed by atoms with Gasteiger partial charge in [-0.25, -0.2) is 18.9 Å². The van der Waals surface area contributed by atoms with Gasteiger partial charge in [0.15, 0.2) is 17.4 Å². The second kappa shape index (κ2) is 17.5. The molecule has 0 saturated carbocycles. The van der Waals surface area contributed by atoms with Crippen LogP contribution in [0, 0.1) is 5.82 Å². The fraction of sp³-hybridized carbons (Fsp3) is 0.477. The molecule has 14 heteroatoms. The molecule has 58 heavy (non-hydrogen) atoms. The Balaban J connectivity index is 1.24. The number of β-amino-alcohol motifs (C(OH)–C–C–N with tert-alkyl or cyclic N) is 1. The number of imidazole rings is 1. The summed E-state index contributed by atoms with van der Waals surface area (Å²) in [6.07, 6.45) is 0.800. The van der Waals surface area contributed by atoms with E-state index in [1.54, 1.807) is 15.9 Å². The second-order valence-corrected chi connectivity index (χ2v) is 29.4. The Morgan fingerprint density at radius 3 is 2.31 bits per heavy atom. The Morgan fingerprint density at radius 1 is 0.914 bits per heavy atom. The smallest absolute Gasteiger partial charge is 0.320 e. The number of halogens is 1. The highest BCUT2D eigenvalue weighted by Gasteiger charge is 2.36. The van der Waals surface area contributed by atoms with Gasteiger partial charge in [-0.15, -0.1) is 0 Å². The molecule has 11 nitrogen and oxygen atoms in total. The molecule has 1 N–H and O–H groups in total. The van der Waals surface area contributed by atoms with Crippen molar-refractivity contribution in [1.29, 1.82) is 0 Å². The first-order valence-corrected chi connectivity index (χ1v) is 28.0. The van der Waals surface area contributed by atoms with Gasteiger partial charge < -0.3 is 33.7 Å². The van der Waals surface area contributed by atoms with Crippen LogP contribution in [0.15, 0.2) is 60.7 Å². The molecule has 2 amide bonds. The van der Waals surface area contributed by atoms with Crippen LogP contribution in [0.25, 0.3) is 33.5 Å². The maximum Gasteiger partial charge on any atom is 0.320 e. The van der Waals surface area contributed by atoms with Gasteiger partial charge in [0.05, 0.1) is 36.1 Å². The molecular weight excluding hydrogens is 768 g/mol. The highest BCUT2D eigenvalue weighted by Crippen LogP contribution is 2.37. The summed E-state index contributed by atoms with van der Waals surface area (Å²) in [5.41, 5.74) is 6.93. The van der Waals surface area contributed by atoms with Crippen molar-refractivity contribution in [2.45, 2.75) is 110 Å². The lowest BCUT2D eigenvalue weighted by Crippen LogP contribution is -2.39. The molecule has 0 radical (unpaired) electrons. The molecular formula is C44H59FN6O5Si2. The number of ether oxygens (including phenoxy) is 3. The minimum atomic E-state index is -1.34. The average Bonchev–Trinajstić information content (AvgIpc) is 3.96. The molecule has 0 unspecified atom stereocenters. The van der Waals surface area contributed by atoms with Crippen LogP contribution in [0.2, 0.25) is 51.4 Å². The number of likely N-dealkylation sites (tertiary alicyclic amines) is 1. The minimum absolute atomic E-state index is 0.0845. The zero-order valence-electron chi connectivity index (χ0n) is 35.2. The van der Waals surface area contributed by atoms with Gasteiger partial charge in [0.2, 0.25) is 0 Å². The fourth-order valence-corrected chi connectivity index (χ4v) is 9.01. The zero-order valence-corrected chi connectivity index (χ0v) is 37.2. The van der Waals surface area contributed by atoms with E-state index in [0.29, 0.717) is 63.8 Å². The van der Waals surface area contributed by atoms with E-state index in [1.807, 2.05) is 53.2 Å². The quantitative estimate of drug-likeness (QED) is 0.0782. The van der Waals surface area contributed by atoms with Crippen molar-refractivity contribution < 1.29 is 28.5 Å². The summed E-state index contributed by atoms with van der Waals surface area (Å²) in [5.74, 6) is 0.505. The number of carbonyl (C=O) groups is 1. The first kappa shape index (κ1) is 41.8. The SMILES string of the molecule is CCc1cc(OCc2ccccc2)c(F)cc1-c1ccc2c(-c3nc4c(n3COCC[Si](C)(C)C)CN(C(=O)N3CC[C@@H](O)C3)C4)nn(COCC[Si](C)(C)C)c2c1. The fourth-order valence-electron chi connectivity index (χ4n) is 7.50. The lowest BCUT2D eigenvalue weighted by Gasteiger charge is -2.24. The summed E-state index contributed by atoms with van der Waals surface area (Å²) in [5, 5.41) is 16.2.